The van der Waals surface area contributed by atoms with Gasteiger partial charge in [-0.25, -0.2) is 4.79 Å². The Morgan fingerprint density at radius 2 is 1.81 bits per heavy atom. The average Bonchev–Trinajstić information content (AvgIpc) is 2.98. The van der Waals surface area contributed by atoms with Crippen molar-refractivity contribution >= 4 is 11.0 Å². The zero-order chi connectivity index (χ0) is 18.1. The highest BCUT2D eigenvalue weighted by Gasteiger charge is 2.30. The van der Waals surface area contributed by atoms with Crippen LogP contribution in [0.3, 0.4) is 0 Å². The van der Waals surface area contributed by atoms with Gasteiger partial charge >= 0.3 is 5.69 Å². The van der Waals surface area contributed by atoms with Crippen molar-refractivity contribution in [2.45, 2.75) is 57.5 Å². The number of hydrogen-bond donors (Lipinski definition) is 1. The zero-order valence-electron chi connectivity index (χ0n) is 16.0. The first kappa shape index (κ1) is 17.8. The normalized spacial score (nSPS) is 25.8. The van der Waals surface area contributed by atoms with Crippen LogP contribution in [0.4, 0.5) is 0 Å². The molecule has 0 bridgehead atoms. The number of fused-ring (bicyclic) bond motifs is 1. The highest BCUT2D eigenvalue weighted by atomic mass is 16.5. The van der Waals surface area contributed by atoms with Gasteiger partial charge in [-0.2, -0.15) is 0 Å². The lowest BCUT2D eigenvalue weighted by Crippen LogP contribution is -2.44. The Kier molecular flexibility index (Phi) is 5.18. The van der Waals surface area contributed by atoms with Crippen molar-refractivity contribution in [2.24, 2.45) is 5.92 Å². The summed E-state index contributed by atoms with van der Waals surface area (Å²) < 4.78 is 7.33. The molecule has 1 saturated carbocycles. The summed E-state index contributed by atoms with van der Waals surface area (Å²) in [6.45, 7) is 5.21. The Balaban J connectivity index is 1.41. The fourth-order valence-electron chi connectivity index (χ4n) is 5.02. The number of imidazole rings is 1. The van der Waals surface area contributed by atoms with E-state index in [1.165, 1.54) is 31.2 Å². The molecule has 1 aliphatic carbocycles. The summed E-state index contributed by atoms with van der Waals surface area (Å²) in [6.07, 6.45) is 7.31. The minimum absolute atomic E-state index is 0.0455. The van der Waals surface area contributed by atoms with Crippen LogP contribution >= 0.6 is 0 Å². The van der Waals surface area contributed by atoms with Crippen LogP contribution in [0, 0.1) is 12.8 Å². The highest BCUT2D eigenvalue weighted by molar-refractivity contribution is 5.76. The molecule has 2 aromatic rings. The van der Waals surface area contributed by atoms with E-state index in [9.17, 15) is 4.79 Å². The van der Waals surface area contributed by atoms with E-state index in [4.69, 9.17) is 4.74 Å². The molecule has 0 unspecified atom stereocenters. The Hall–Kier alpha value is -1.59. The SMILES string of the molecule is COC[C@H]1CC[C@H](N2CCC(n3c(=O)[nH]c4ccc(C)cc43)CC2)CC1. The van der Waals surface area contributed by atoms with Gasteiger partial charge < -0.3 is 14.6 Å². The van der Waals surface area contributed by atoms with E-state index in [0.29, 0.717) is 6.04 Å². The van der Waals surface area contributed by atoms with Gasteiger partial charge in [-0.1, -0.05) is 6.07 Å². The molecular weight excluding hydrogens is 326 g/mol. The summed E-state index contributed by atoms with van der Waals surface area (Å²) in [5, 5.41) is 0. The molecule has 26 heavy (non-hydrogen) atoms. The van der Waals surface area contributed by atoms with Crippen molar-refractivity contribution in [1.29, 1.82) is 0 Å². The molecule has 0 amide bonds. The molecule has 4 rings (SSSR count). The van der Waals surface area contributed by atoms with E-state index < -0.39 is 0 Å². The smallest absolute Gasteiger partial charge is 0.326 e. The minimum atomic E-state index is 0.0455. The molecule has 2 heterocycles. The van der Waals surface area contributed by atoms with Crippen LogP contribution in [0.15, 0.2) is 23.0 Å². The van der Waals surface area contributed by atoms with Gasteiger partial charge in [0.15, 0.2) is 0 Å². The number of nitrogens with one attached hydrogen (secondary N) is 1. The van der Waals surface area contributed by atoms with E-state index in [1.54, 1.807) is 0 Å². The summed E-state index contributed by atoms with van der Waals surface area (Å²) in [6, 6.07) is 7.27. The van der Waals surface area contributed by atoms with E-state index >= 15 is 0 Å². The molecule has 1 aliphatic heterocycles. The lowest BCUT2D eigenvalue weighted by atomic mass is 9.85. The first-order chi connectivity index (χ1) is 12.7. The molecule has 142 valence electrons. The van der Waals surface area contributed by atoms with Crippen LogP contribution in [0.25, 0.3) is 11.0 Å². The molecule has 1 saturated heterocycles. The standard InChI is InChI=1S/C21H31N3O2/c1-15-3-8-19-20(13-15)24(21(25)22-19)18-9-11-23(12-10-18)17-6-4-16(5-7-17)14-26-2/h3,8,13,16-18H,4-7,9-12,14H2,1-2H3,(H,22,25)/t16-,17-. The average molecular weight is 357 g/mol. The Bertz CT molecular complexity index is 793. The predicted octanol–water partition coefficient (Wildman–Crippen LogP) is 3.48. The quantitative estimate of drug-likeness (QED) is 0.911. The van der Waals surface area contributed by atoms with E-state index in [1.807, 2.05) is 17.7 Å². The molecule has 2 aliphatic rings. The lowest BCUT2D eigenvalue weighted by molar-refractivity contribution is 0.0714. The molecule has 1 aromatic heterocycles. The number of aromatic amines is 1. The second-order valence-electron chi connectivity index (χ2n) is 8.22. The minimum Gasteiger partial charge on any atom is -0.384 e. The maximum absolute atomic E-state index is 12.5. The number of hydrogen-bond acceptors (Lipinski definition) is 3. The van der Waals surface area contributed by atoms with Crippen LogP contribution in [0.5, 0.6) is 0 Å². The van der Waals surface area contributed by atoms with Crippen LogP contribution < -0.4 is 5.69 Å². The number of aromatic nitrogens is 2. The summed E-state index contributed by atoms with van der Waals surface area (Å²) in [5.41, 5.74) is 3.27. The summed E-state index contributed by atoms with van der Waals surface area (Å²) >= 11 is 0. The first-order valence-electron chi connectivity index (χ1n) is 10.1. The van der Waals surface area contributed by atoms with Gasteiger partial charge in [0.25, 0.3) is 0 Å². The fourth-order valence-corrected chi connectivity index (χ4v) is 5.02. The van der Waals surface area contributed by atoms with Gasteiger partial charge in [0.2, 0.25) is 0 Å². The Morgan fingerprint density at radius 1 is 1.08 bits per heavy atom. The van der Waals surface area contributed by atoms with Gasteiger partial charge in [0.05, 0.1) is 11.0 Å². The zero-order valence-corrected chi connectivity index (χ0v) is 16.0. The summed E-state index contributed by atoms with van der Waals surface area (Å²) in [4.78, 5) is 18.2. The number of rotatable bonds is 4. The van der Waals surface area contributed by atoms with Crippen LogP contribution in [0.2, 0.25) is 0 Å². The largest absolute Gasteiger partial charge is 0.384 e. The number of piperidine rings is 1. The van der Waals surface area contributed by atoms with Crippen molar-refractivity contribution in [3.8, 4) is 0 Å². The number of aryl methyl sites for hydroxylation is 1. The number of likely N-dealkylation sites (tertiary alicyclic amines) is 1. The van der Waals surface area contributed by atoms with E-state index in [-0.39, 0.29) is 5.69 Å². The predicted molar refractivity (Wildman–Crippen MR) is 105 cm³/mol. The molecule has 0 radical (unpaired) electrons. The molecule has 0 atom stereocenters. The van der Waals surface area contributed by atoms with Gasteiger partial charge in [-0.05, 0) is 69.1 Å². The van der Waals surface area contributed by atoms with Gasteiger partial charge in [-0.3, -0.25) is 4.57 Å². The second kappa shape index (κ2) is 7.57. The van der Waals surface area contributed by atoms with Crippen molar-refractivity contribution in [3.63, 3.8) is 0 Å². The number of methoxy groups -OCH3 is 1. The lowest BCUT2D eigenvalue weighted by Gasteiger charge is -2.41. The van der Waals surface area contributed by atoms with Crippen LogP contribution in [-0.2, 0) is 4.74 Å². The molecule has 1 aromatic carbocycles. The molecule has 0 spiro atoms. The van der Waals surface area contributed by atoms with Crippen molar-refractivity contribution in [2.75, 3.05) is 26.8 Å². The monoisotopic (exact) mass is 357 g/mol. The molecule has 2 fully saturated rings. The Labute approximate surface area is 155 Å². The summed E-state index contributed by atoms with van der Waals surface area (Å²) in [5.74, 6) is 0.752. The number of nitrogens with zero attached hydrogens (tertiary/aromatic N) is 2. The van der Waals surface area contributed by atoms with Crippen molar-refractivity contribution < 1.29 is 4.74 Å². The Morgan fingerprint density at radius 3 is 2.50 bits per heavy atom. The third-order valence-electron chi connectivity index (χ3n) is 6.47. The third-order valence-corrected chi connectivity index (χ3v) is 6.47. The maximum Gasteiger partial charge on any atom is 0.326 e. The van der Waals surface area contributed by atoms with Crippen LogP contribution in [-0.4, -0.2) is 47.3 Å². The molecule has 5 nitrogen and oxygen atoms in total. The van der Waals surface area contributed by atoms with Gasteiger partial charge in [0.1, 0.15) is 0 Å². The van der Waals surface area contributed by atoms with Crippen molar-refractivity contribution in [3.05, 3.63) is 34.2 Å². The number of benzene rings is 1. The molecular formula is C21H31N3O2. The van der Waals surface area contributed by atoms with E-state index in [0.717, 1.165) is 55.5 Å². The van der Waals surface area contributed by atoms with Gasteiger partial charge in [-0.15, -0.1) is 0 Å². The third kappa shape index (κ3) is 3.47. The first-order valence-corrected chi connectivity index (χ1v) is 10.1. The topological polar surface area (TPSA) is 50.3 Å². The number of H-pyrrole nitrogens is 1. The van der Waals surface area contributed by atoms with Gasteiger partial charge in [0, 0.05) is 38.9 Å². The molecule has 1 N–H and O–H groups in total. The summed E-state index contributed by atoms with van der Waals surface area (Å²) in [7, 11) is 1.81. The van der Waals surface area contributed by atoms with Crippen molar-refractivity contribution in [1.82, 2.24) is 14.5 Å². The second-order valence-corrected chi connectivity index (χ2v) is 8.22. The molecule has 5 heteroatoms. The maximum atomic E-state index is 12.5. The number of ether oxygens (including phenoxy) is 1. The van der Waals surface area contributed by atoms with E-state index in [2.05, 4.69) is 28.9 Å². The highest BCUT2D eigenvalue weighted by Crippen LogP contribution is 2.32. The fraction of sp³-hybridized carbons (Fsp3) is 0.667. The van der Waals surface area contributed by atoms with Crippen LogP contribution in [0.1, 0.15) is 50.1 Å².